The highest BCUT2D eigenvalue weighted by Gasteiger charge is 2.28. The van der Waals surface area contributed by atoms with E-state index in [0.717, 1.165) is 12.8 Å². The zero-order valence-corrected chi connectivity index (χ0v) is 6.13. The quantitative estimate of drug-likeness (QED) is 0.594. The number of allylic oxidation sites excluding steroid dienone is 1. The normalized spacial score (nSPS) is 22.5. The van der Waals surface area contributed by atoms with Gasteiger partial charge in [-0.25, -0.2) is 4.79 Å². The van der Waals surface area contributed by atoms with Crippen LogP contribution in [0.15, 0.2) is 12.2 Å². The lowest BCUT2D eigenvalue weighted by atomic mass is 9.70. The van der Waals surface area contributed by atoms with Crippen molar-refractivity contribution in [1.82, 2.24) is 0 Å². The predicted molar refractivity (Wildman–Crippen MR) is 38.7 cm³/mol. The average molecular weight is 140 g/mol. The standard InChI is InChI=1S/C8H12O2/c1-8(4-2-5-8)6-3-7(9)10/h3,6H,2,4-5H2,1H3,(H,9,10). The number of carbonyl (C=O) groups is 1. The highest BCUT2D eigenvalue weighted by Crippen LogP contribution is 2.41. The zero-order chi connectivity index (χ0) is 7.61. The Labute approximate surface area is 60.6 Å². The van der Waals surface area contributed by atoms with Gasteiger partial charge in [0.05, 0.1) is 0 Å². The van der Waals surface area contributed by atoms with Crippen molar-refractivity contribution < 1.29 is 9.90 Å². The SMILES string of the molecule is CC1(C=CC(=O)O)CCC1. The number of rotatable bonds is 2. The summed E-state index contributed by atoms with van der Waals surface area (Å²) in [6, 6.07) is 0. The predicted octanol–water partition coefficient (Wildman–Crippen LogP) is 1.82. The minimum atomic E-state index is -0.840. The van der Waals surface area contributed by atoms with Crippen LogP contribution in [0.1, 0.15) is 26.2 Å². The van der Waals surface area contributed by atoms with E-state index in [4.69, 9.17) is 5.11 Å². The molecule has 56 valence electrons. The Morgan fingerprint density at radius 2 is 2.20 bits per heavy atom. The average Bonchev–Trinajstić information content (AvgIpc) is 1.79. The van der Waals surface area contributed by atoms with Gasteiger partial charge in [-0.2, -0.15) is 0 Å². The minimum absolute atomic E-state index is 0.193. The molecular weight excluding hydrogens is 128 g/mol. The van der Waals surface area contributed by atoms with Crippen LogP contribution in [-0.2, 0) is 4.79 Å². The van der Waals surface area contributed by atoms with Crippen molar-refractivity contribution in [3.8, 4) is 0 Å². The van der Waals surface area contributed by atoms with Crippen LogP contribution in [0.5, 0.6) is 0 Å². The fraction of sp³-hybridized carbons (Fsp3) is 0.625. The van der Waals surface area contributed by atoms with E-state index < -0.39 is 5.97 Å². The zero-order valence-electron chi connectivity index (χ0n) is 6.13. The molecule has 0 heterocycles. The largest absolute Gasteiger partial charge is 0.478 e. The maximum Gasteiger partial charge on any atom is 0.327 e. The minimum Gasteiger partial charge on any atom is -0.478 e. The van der Waals surface area contributed by atoms with Crippen molar-refractivity contribution in [3.63, 3.8) is 0 Å². The summed E-state index contributed by atoms with van der Waals surface area (Å²) < 4.78 is 0. The van der Waals surface area contributed by atoms with Crippen molar-refractivity contribution in [3.05, 3.63) is 12.2 Å². The van der Waals surface area contributed by atoms with Crippen LogP contribution in [-0.4, -0.2) is 11.1 Å². The van der Waals surface area contributed by atoms with Crippen LogP contribution < -0.4 is 0 Å². The molecule has 10 heavy (non-hydrogen) atoms. The molecule has 0 amide bonds. The summed E-state index contributed by atoms with van der Waals surface area (Å²) in [5.41, 5.74) is 0.193. The van der Waals surface area contributed by atoms with Gasteiger partial charge in [0.15, 0.2) is 0 Å². The fourth-order valence-corrected chi connectivity index (χ4v) is 1.17. The molecule has 1 aliphatic rings. The monoisotopic (exact) mass is 140 g/mol. The van der Waals surface area contributed by atoms with E-state index in [0.29, 0.717) is 0 Å². The van der Waals surface area contributed by atoms with Crippen LogP contribution >= 0.6 is 0 Å². The van der Waals surface area contributed by atoms with Gasteiger partial charge in [0.25, 0.3) is 0 Å². The van der Waals surface area contributed by atoms with Gasteiger partial charge in [-0.1, -0.05) is 19.4 Å². The number of aliphatic carboxylic acids is 1. The second-order valence-electron chi connectivity index (χ2n) is 3.18. The smallest absolute Gasteiger partial charge is 0.327 e. The first-order valence-corrected chi connectivity index (χ1v) is 3.55. The molecule has 0 aromatic rings. The first kappa shape index (κ1) is 7.32. The molecule has 0 bridgehead atoms. The Kier molecular flexibility index (Phi) is 1.79. The highest BCUT2D eigenvalue weighted by atomic mass is 16.4. The molecule has 0 aromatic carbocycles. The number of hydrogen-bond donors (Lipinski definition) is 1. The van der Waals surface area contributed by atoms with Crippen molar-refractivity contribution >= 4 is 5.97 Å². The topological polar surface area (TPSA) is 37.3 Å². The molecule has 2 nitrogen and oxygen atoms in total. The van der Waals surface area contributed by atoms with Crippen molar-refractivity contribution in [2.45, 2.75) is 26.2 Å². The second kappa shape index (κ2) is 2.45. The van der Waals surface area contributed by atoms with Crippen LogP contribution in [0, 0.1) is 5.41 Å². The van der Waals surface area contributed by atoms with Crippen molar-refractivity contribution in [2.24, 2.45) is 5.41 Å². The van der Waals surface area contributed by atoms with E-state index in [1.54, 1.807) is 6.08 Å². The summed E-state index contributed by atoms with van der Waals surface area (Å²) in [7, 11) is 0. The molecule has 0 saturated heterocycles. The summed E-state index contributed by atoms with van der Waals surface area (Å²) >= 11 is 0. The summed E-state index contributed by atoms with van der Waals surface area (Å²) in [5, 5.41) is 8.31. The third-order valence-electron chi connectivity index (χ3n) is 2.12. The third kappa shape index (κ3) is 1.59. The van der Waals surface area contributed by atoms with Crippen LogP contribution in [0.3, 0.4) is 0 Å². The number of carboxylic acid groups (broad SMARTS) is 1. The summed E-state index contributed by atoms with van der Waals surface area (Å²) in [4.78, 5) is 10.1. The first-order chi connectivity index (χ1) is 4.62. The summed E-state index contributed by atoms with van der Waals surface area (Å²) in [6.45, 7) is 2.09. The molecule has 0 radical (unpaired) electrons. The Hall–Kier alpha value is -0.790. The molecule has 0 aromatic heterocycles. The summed E-state index contributed by atoms with van der Waals surface area (Å²) in [5.74, 6) is -0.840. The molecule has 0 spiro atoms. The van der Waals surface area contributed by atoms with Gasteiger partial charge >= 0.3 is 5.97 Å². The lowest BCUT2D eigenvalue weighted by Gasteiger charge is -2.35. The lowest BCUT2D eigenvalue weighted by molar-refractivity contribution is -0.131. The molecule has 1 N–H and O–H groups in total. The lowest BCUT2D eigenvalue weighted by Crippen LogP contribution is -2.22. The maximum atomic E-state index is 10.1. The van der Waals surface area contributed by atoms with Gasteiger partial charge in [0.1, 0.15) is 0 Å². The van der Waals surface area contributed by atoms with Crippen molar-refractivity contribution in [2.75, 3.05) is 0 Å². The molecule has 1 fully saturated rings. The molecule has 2 heteroatoms. The van der Waals surface area contributed by atoms with Gasteiger partial charge < -0.3 is 5.11 Å². The van der Waals surface area contributed by atoms with Gasteiger partial charge in [0.2, 0.25) is 0 Å². The van der Waals surface area contributed by atoms with E-state index in [-0.39, 0.29) is 5.41 Å². The Balaban J connectivity index is 2.43. The number of hydrogen-bond acceptors (Lipinski definition) is 1. The van der Waals surface area contributed by atoms with E-state index in [1.165, 1.54) is 12.5 Å². The molecule has 1 aliphatic carbocycles. The second-order valence-corrected chi connectivity index (χ2v) is 3.18. The van der Waals surface area contributed by atoms with Gasteiger partial charge in [0, 0.05) is 6.08 Å². The molecule has 0 atom stereocenters. The Bertz CT molecular complexity index is 166. The van der Waals surface area contributed by atoms with E-state index in [2.05, 4.69) is 6.92 Å². The van der Waals surface area contributed by atoms with Crippen LogP contribution in [0.4, 0.5) is 0 Å². The molecular formula is C8H12O2. The number of carboxylic acids is 1. The van der Waals surface area contributed by atoms with Gasteiger partial charge in [-0.05, 0) is 18.3 Å². The first-order valence-electron chi connectivity index (χ1n) is 3.55. The third-order valence-corrected chi connectivity index (χ3v) is 2.12. The molecule has 0 aliphatic heterocycles. The Morgan fingerprint density at radius 3 is 2.50 bits per heavy atom. The van der Waals surface area contributed by atoms with E-state index >= 15 is 0 Å². The maximum absolute atomic E-state index is 10.1. The van der Waals surface area contributed by atoms with Crippen molar-refractivity contribution in [1.29, 1.82) is 0 Å². The van der Waals surface area contributed by atoms with Gasteiger partial charge in [-0.15, -0.1) is 0 Å². The molecule has 1 saturated carbocycles. The van der Waals surface area contributed by atoms with E-state index in [1.807, 2.05) is 0 Å². The fourth-order valence-electron chi connectivity index (χ4n) is 1.17. The van der Waals surface area contributed by atoms with Crippen LogP contribution in [0.25, 0.3) is 0 Å². The highest BCUT2D eigenvalue weighted by molar-refractivity contribution is 5.79. The van der Waals surface area contributed by atoms with E-state index in [9.17, 15) is 4.79 Å². The van der Waals surface area contributed by atoms with Crippen LogP contribution in [0.2, 0.25) is 0 Å². The molecule has 0 unspecified atom stereocenters. The molecule has 1 rings (SSSR count). The summed E-state index contributed by atoms with van der Waals surface area (Å²) in [6.07, 6.45) is 6.56. The van der Waals surface area contributed by atoms with Gasteiger partial charge in [-0.3, -0.25) is 0 Å². The Morgan fingerprint density at radius 1 is 1.60 bits per heavy atom.